The standard InChI is InChI=1S/C25H24F17NO5/c1-2-3-4-5-6-7-11-48-17(44)14-8-9-16(15(13-14)43(45)46)47-12-10-18(26,27)19(28,29)20(30,31)21(32,33)22(34,35)23(36,37)24(38,39)25(40,41)42/h8-9,13H,2-7,10-12H2,1H3. The van der Waals surface area contributed by atoms with Gasteiger partial charge in [-0.1, -0.05) is 39.0 Å². The van der Waals surface area contributed by atoms with Crippen molar-refractivity contribution in [3.8, 4) is 5.75 Å². The molecule has 1 rings (SSSR count). The molecule has 0 spiro atoms. The van der Waals surface area contributed by atoms with Gasteiger partial charge in [0.05, 0.1) is 30.1 Å². The maximum Gasteiger partial charge on any atom is 0.460 e. The monoisotopic (exact) mass is 741 g/mol. The average Bonchev–Trinajstić information content (AvgIpc) is 2.95. The number of carbonyl (C=O) groups is 1. The summed E-state index contributed by atoms with van der Waals surface area (Å²) in [5.41, 5.74) is -1.80. The van der Waals surface area contributed by atoms with E-state index in [-0.39, 0.29) is 6.61 Å². The Balaban J connectivity index is 3.17. The molecule has 0 unspecified atom stereocenters. The number of hydrogen-bond donors (Lipinski definition) is 0. The molecule has 1 aromatic rings. The van der Waals surface area contributed by atoms with E-state index >= 15 is 0 Å². The highest BCUT2D eigenvalue weighted by Crippen LogP contribution is 2.64. The van der Waals surface area contributed by atoms with Gasteiger partial charge in [-0.15, -0.1) is 0 Å². The lowest BCUT2D eigenvalue weighted by Crippen LogP contribution is -2.74. The first-order valence-corrected chi connectivity index (χ1v) is 13.3. The highest BCUT2D eigenvalue weighted by atomic mass is 19.4. The van der Waals surface area contributed by atoms with Crippen LogP contribution in [0.3, 0.4) is 0 Å². The third kappa shape index (κ3) is 7.94. The minimum Gasteiger partial charge on any atom is -0.487 e. The summed E-state index contributed by atoms with van der Waals surface area (Å²) in [6.45, 7) is -0.243. The lowest BCUT2D eigenvalue weighted by Gasteiger charge is -2.42. The van der Waals surface area contributed by atoms with Crippen LogP contribution in [0.25, 0.3) is 0 Å². The predicted molar refractivity (Wildman–Crippen MR) is 128 cm³/mol. The molecule has 0 atom stereocenters. The van der Waals surface area contributed by atoms with Crippen LogP contribution in [0, 0.1) is 10.1 Å². The zero-order valence-corrected chi connectivity index (χ0v) is 24.0. The number of halogens is 17. The summed E-state index contributed by atoms with van der Waals surface area (Å²) in [6, 6.07) is 1.63. The number of carbonyl (C=O) groups excluding carboxylic acids is 1. The van der Waals surface area contributed by atoms with Gasteiger partial charge in [-0.2, -0.15) is 74.6 Å². The van der Waals surface area contributed by atoms with E-state index in [1.54, 1.807) is 0 Å². The molecule has 0 saturated carbocycles. The van der Waals surface area contributed by atoms with Crippen LogP contribution in [0.2, 0.25) is 0 Å². The number of benzene rings is 1. The van der Waals surface area contributed by atoms with E-state index in [2.05, 4.69) is 4.74 Å². The van der Waals surface area contributed by atoms with Crippen molar-refractivity contribution in [2.45, 2.75) is 99.5 Å². The summed E-state index contributed by atoms with van der Waals surface area (Å²) in [5.74, 6) is -59.7. The number of esters is 1. The van der Waals surface area contributed by atoms with Gasteiger partial charge in [0.25, 0.3) is 0 Å². The van der Waals surface area contributed by atoms with E-state index < -0.39 is 88.6 Å². The number of hydrogen-bond acceptors (Lipinski definition) is 5. The van der Waals surface area contributed by atoms with Crippen LogP contribution >= 0.6 is 0 Å². The first kappa shape index (κ1) is 42.7. The fraction of sp³-hybridized carbons (Fsp3) is 0.720. The molecule has 0 aliphatic carbocycles. The Labute approximate surface area is 258 Å². The van der Waals surface area contributed by atoms with Crippen molar-refractivity contribution in [1.82, 2.24) is 0 Å². The molecular formula is C25H24F17NO5. The van der Waals surface area contributed by atoms with Crippen molar-refractivity contribution in [2.75, 3.05) is 13.2 Å². The Morgan fingerprint density at radius 2 is 1.12 bits per heavy atom. The van der Waals surface area contributed by atoms with Crippen molar-refractivity contribution in [3.63, 3.8) is 0 Å². The molecule has 0 saturated heterocycles. The quantitative estimate of drug-likeness (QED) is 0.0464. The molecule has 0 radical (unpaired) electrons. The van der Waals surface area contributed by atoms with Crippen molar-refractivity contribution in [2.24, 2.45) is 0 Å². The Morgan fingerprint density at radius 1 is 0.667 bits per heavy atom. The lowest BCUT2D eigenvalue weighted by molar-refractivity contribution is -0.461. The van der Waals surface area contributed by atoms with Gasteiger partial charge in [0.1, 0.15) is 0 Å². The normalized spacial score (nSPS) is 14.2. The van der Waals surface area contributed by atoms with E-state index in [0.717, 1.165) is 25.7 Å². The predicted octanol–water partition coefficient (Wildman–Crippen LogP) is 9.89. The number of nitro benzene ring substituents is 1. The fourth-order valence-electron chi connectivity index (χ4n) is 3.68. The number of rotatable bonds is 19. The van der Waals surface area contributed by atoms with Crippen LogP contribution in [0.1, 0.15) is 62.2 Å². The van der Waals surface area contributed by atoms with Gasteiger partial charge in [-0.25, -0.2) is 4.79 Å². The van der Waals surface area contributed by atoms with E-state index in [4.69, 9.17) is 4.74 Å². The number of alkyl halides is 17. The average molecular weight is 741 g/mol. The SMILES string of the molecule is CCCCCCCCOC(=O)c1ccc(OCCC(F)(F)C(F)(F)C(F)(F)C(F)(F)C(F)(F)C(F)(F)C(F)(F)C(F)(F)F)c([N+](=O)[O-])c1. The number of ether oxygens (including phenoxy) is 2. The van der Waals surface area contributed by atoms with Crippen LogP contribution in [0.5, 0.6) is 5.75 Å². The molecule has 48 heavy (non-hydrogen) atoms. The highest BCUT2D eigenvalue weighted by molar-refractivity contribution is 5.90. The number of unbranched alkanes of at least 4 members (excludes halogenated alkanes) is 5. The second-order valence-electron chi connectivity index (χ2n) is 10.1. The van der Waals surface area contributed by atoms with Crippen molar-refractivity contribution < 1.29 is 93.8 Å². The molecule has 0 aromatic heterocycles. The van der Waals surface area contributed by atoms with Crippen molar-refractivity contribution in [3.05, 3.63) is 33.9 Å². The molecule has 0 heterocycles. The largest absolute Gasteiger partial charge is 0.487 e. The molecular weight excluding hydrogens is 717 g/mol. The Bertz CT molecular complexity index is 1270. The first-order valence-electron chi connectivity index (χ1n) is 13.3. The summed E-state index contributed by atoms with van der Waals surface area (Å²) in [5, 5.41) is 11.3. The van der Waals surface area contributed by atoms with Gasteiger partial charge in [0.2, 0.25) is 0 Å². The van der Waals surface area contributed by atoms with Crippen LogP contribution < -0.4 is 4.74 Å². The molecule has 0 N–H and O–H groups in total. The second-order valence-corrected chi connectivity index (χ2v) is 10.1. The topological polar surface area (TPSA) is 78.7 Å². The van der Waals surface area contributed by atoms with Gasteiger partial charge < -0.3 is 9.47 Å². The number of nitro groups is 1. The lowest BCUT2D eigenvalue weighted by atomic mass is 9.88. The summed E-state index contributed by atoms with van der Waals surface area (Å²) < 4.78 is 237. The van der Waals surface area contributed by atoms with Crippen molar-refractivity contribution in [1.29, 1.82) is 0 Å². The summed E-state index contributed by atoms with van der Waals surface area (Å²) >= 11 is 0. The molecule has 1 aromatic carbocycles. The van der Waals surface area contributed by atoms with Gasteiger partial charge in [0.15, 0.2) is 5.75 Å². The van der Waals surface area contributed by atoms with E-state index in [9.17, 15) is 89.5 Å². The van der Waals surface area contributed by atoms with Gasteiger partial charge in [0, 0.05) is 6.07 Å². The fourth-order valence-corrected chi connectivity index (χ4v) is 3.68. The highest BCUT2D eigenvalue weighted by Gasteiger charge is 2.95. The molecule has 0 amide bonds. The van der Waals surface area contributed by atoms with Crippen LogP contribution in [-0.2, 0) is 4.74 Å². The molecule has 23 heteroatoms. The second kappa shape index (κ2) is 14.7. The zero-order chi connectivity index (χ0) is 37.8. The van der Waals surface area contributed by atoms with E-state index in [0.29, 0.717) is 31.0 Å². The van der Waals surface area contributed by atoms with E-state index in [1.807, 2.05) is 6.92 Å². The third-order valence-electron chi connectivity index (χ3n) is 6.58. The molecule has 0 fully saturated rings. The minimum atomic E-state index is -8.75. The molecule has 0 bridgehead atoms. The third-order valence-corrected chi connectivity index (χ3v) is 6.58. The molecule has 278 valence electrons. The smallest absolute Gasteiger partial charge is 0.460 e. The van der Waals surface area contributed by atoms with Crippen molar-refractivity contribution >= 4 is 11.7 Å². The maximum absolute atomic E-state index is 14.1. The van der Waals surface area contributed by atoms with Crippen LogP contribution in [-0.4, -0.2) is 71.7 Å². The summed E-state index contributed by atoms with van der Waals surface area (Å²) in [7, 11) is 0. The summed E-state index contributed by atoms with van der Waals surface area (Å²) in [6.07, 6.45) is -6.08. The molecule has 6 nitrogen and oxygen atoms in total. The molecule has 0 aliphatic rings. The van der Waals surface area contributed by atoms with Crippen LogP contribution in [0.4, 0.5) is 80.3 Å². The first-order chi connectivity index (χ1) is 21.5. The zero-order valence-electron chi connectivity index (χ0n) is 24.0. The van der Waals surface area contributed by atoms with Gasteiger partial charge in [-0.05, 0) is 18.6 Å². The summed E-state index contributed by atoms with van der Waals surface area (Å²) in [4.78, 5) is 22.1. The van der Waals surface area contributed by atoms with Crippen LogP contribution in [0.15, 0.2) is 18.2 Å². The van der Waals surface area contributed by atoms with E-state index in [1.165, 1.54) is 0 Å². The minimum absolute atomic E-state index is 0.127. The molecule has 0 aliphatic heterocycles. The van der Waals surface area contributed by atoms with Gasteiger partial charge in [-0.3, -0.25) is 10.1 Å². The number of nitrogens with zero attached hydrogens (tertiary/aromatic N) is 1. The Hall–Kier alpha value is -3.30. The maximum atomic E-state index is 14.1. The Morgan fingerprint density at radius 3 is 1.60 bits per heavy atom. The van der Waals surface area contributed by atoms with Gasteiger partial charge >= 0.3 is 59.3 Å². The Kier molecular flexibility index (Phi) is 13.1.